The van der Waals surface area contributed by atoms with E-state index in [4.69, 9.17) is 5.11 Å². The zero-order valence-electron chi connectivity index (χ0n) is 9.52. The minimum Gasteiger partial charge on any atom is -0.463 e. The van der Waals surface area contributed by atoms with E-state index in [1.807, 2.05) is 0 Å². The lowest BCUT2D eigenvalue weighted by atomic mass is 10.0. The van der Waals surface area contributed by atoms with Gasteiger partial charge in [-0.25, -0.2) is 0 Å². The molecule has 4 atom stereocenters. The Morgan fingerprint density at radius 3 is 2.29 bits per heavy atom. The van der Waals surface area contributed by atoms with Crippen molar-refractivity contribution in [1.82, 2.24) is 0 Å². The van der Waals surface area contributed by atoms with Gasteiger partial charge in [-0.2, -0.15) is 0 Å². The summed E-state index contributed by atoms with van der Waals surface area (Å²) in [6.45, 7) is 1.26. The van der Waals surface area contributed by atoms with E-state index in [1.165, 1.54) is 0 Å². The molecule has 0 aliphatic rings. The molecule has 0 heterocycles. The van der Waals surface area contributed by atoms with Crippen molar-refractivity contribution >= 4 is 12.3 Å². The largest absolute Gasteiger partial charge is 0.463 e. The molecule has 17 heavy (non-hydrogen) atoms. The number of carbonyl (C=O) groups excluding carboxylic acids is 2. The molecule has 4 N–H and O–H groups in total. The highest BCUT2D eigenvalue weighted by molar-refractivity contribution is 5.69. The smallest absolute Gasteiger partial charge is 0.305 e. The van der Waals surface area contributed by atoms with Gasteiger partial charge in [0.1, 0.15) is 31.0 Å². The maximum atomic E-state index is 10.9. The fraction of sp³-hybridized carbons (Fsp3) is 0.800. The monoisotopic (exact) mass is 250 g/mol. The second-order valence-corrected chi connectivity index (χ2v) is 3.61. The minimum absolute atomic E-state index is 0.0314. The highest BCUT2D eigenvalue weighted by atomic mass is 16.5. The van der Waals surface area contributed by atoms with E-state index in [1.54, 1.807) is 6.92 Å². The Balaban J connectivity index is 4.08. The number of aliphatic hydroxyl groups excluding tert-OH is 4. The number of aldehydes is 1. The normalized spacial score (nSPS) is 17.9. The first-order chi connectivity index (χ1) is 7.93. The number of ether oxygens (including phenoxy) is 1. The van der Waals surface area contributed by atoms with Gasteiger partial charge in [0.05, 0.1) is 0 Å². The van der Waals surface area contributed by atoms with E-state index in [0.717, 1.165) is 0 Å². The molecule has 100 valence electrons. The molecule has 7 heteroatoms. The quantitative estimate of drug-likeness (QED) is 0.289. The number of hydrogen-bond donors (Lipinski definition) is 4. The molecule has 0 radical (unpaired) electrons. The first-order valence-corrected chi connectivity index (χ1v) is 5.27. The average Bonchev–Trinajstić information content (AvgIpc) is 2.33. The van der Waals surface area contributed by atoms with Crippen LogP contribution in [-0.4, -0.2) is 63.7 Å². The van der Waals surface area contributed by atoms with Gasteiger partial charge in [-0.05, 0) is 6.42 Å². The van der Waals surface area contributed by atoms with Crippen LogP contribution < -0.4 is 0 Å². The van der Waals surface area contributed by atoms with E-state index < -0.39 is 37.0 Å². The van der Waals surface area contributed by atoms with E-state index in [2.05, 4.69) is 4.74 Å². The number of hydrogen-bond acceptors (Lipinski definition) is 7. The lowest BCUT2D eigenvalue weighted by molar-refractivity contribution is -0.156. The highest BCUT2D eigenvalue weighted by Gasteiger charge is 2.30. The maximum Gasteiger partial charge on any atom is 0.305 e. The fourth-order valence-corrected chi connectivity index (χ4v) is 1.06. The Bertz CT molecular complexity index is 243. The summed E-state index contributed by atoms with van der Waals surface area (Å²) < 4.78 is 4.60. The molecule has 0 spiro atoms. The number of esters is 1. The van der Waals surface area contributed by atoms with Gasteiger partial charge in [-0.3, -0.25) is 4.79 Å². The molecule has 0 aromatic heterocycles. The molecule has 0 aromatic rings. The summed E-state index contributed by atoms with van der Waals surface area (Å²) >= 11 is 0. The van der Waals surface area contributed by atoms with Gasteiger partial charge in [-0.1, -0.05) is 6.92 Å². The van der Waals surface area contributed by atoms with Gasteiger partial charge in [0.15, 0.2) is 6.29 Å². The van der Waals surface area contributed by atoms with Crippen molar-refractivity contribution in [3.05, 3.63) is 0 Å². The Kier molecular flexibility index (Phi) is 7.64. The van der Waals surface area contributed by atoms with Crippen LogP contribution in [0.4, 0.5) is 0 Å². The van der Waals surface area contributed by atoms with Crippen LogP contribution in [0.15, 0.2) is 0 Å². The molecule has 0 amide bonds. The second-order valence-electron chi connectivity index (χ2n) is 3.61. The van der Waals surface area contributed by atoms with Gasteiger partial charge in [0, 0.05) is 6.42 Å². The molecule has 0 bridgehead atoms. The Morgan fingerprint density at radius 1 is 1.24 bits per heavy atom. The molecule has 0 unspecified atom stereocenters. The summed E-state index contributed by atoms with van der Waals surface area (Å²) in [6.07, 6.45) is -6.17. The summed E-state index contributed by atoms with van der Waals surface area (Å²) in [7, 11) is 0. The molecule has 0 fully saturated rings. The first-order valence-electron chi connectivity index (χ1n) is 5.27. The van der Waals surface area contributed by atoms with Crippen molar-refractivity contribution in [2.75, 3.05) is 6.61 Å². The molecule has 0 saturated carbocycles. The van der Waals surface area contributed by atoms with E-state index in [-0.39, 0.29) is 12.7 Å². The molecule has 0 aromatic carbocycles. The van der Waals surface area contributed by atoms with Crippen molar-refractivity contribution in [2.45, 2.75) is 44.2 Å². The molecular weight excluding hydrogens is 232 g/mol. The molecule has 0 aliphatic carbocycles. The van der Waals surface area contributed by atoms with E-state index in [0.29, 0.717) is 6.42 Å². The van der Waals surface area contributed by atoms with Gasteiger partial charge in [-0.15, -0.1) is 0 Å². The predicted octanol–water partition coefficient (Wildman–Crippen LogP) is -2.03. The molecular formula is C10H18O7. The standard InChI is InChI=1S/C10H18O7/c1-2-3-8(14)17-5-7(13)10(16)9(15)6(12)4-11/h4,6-7,9-10,12-13,15-16H,2-3,5H2,1H3/t6-,7-,9-,10-/m1/s1. The number of carbonyl (C=O) groups is 2. The summed E-state index contributed by atoms with van der Waals surface area (Å²) in [4.78, 5) is 21.1. The van der Waals surface area contributed by atoms with Crippen molar-refractivity contribution in [3.8, 4) is 0 Å². The van der Waals surface area contributed by atoms with E-state index in [9.17, 15) is 24.9 Å². The zero-order chi connectivity index (χ0) is 13.4. The van der Waals surface area contributed by atoms with Crippen LogP contribution in [0.1, 0.15) is 19.8 Å². The van der Waals surface area contributed by atoms with Crippen molar-refractivity contribution < 1.29 is 34.8 Å². The number of rotatable bonds is 8. The third-order valence-electron chi connectivity index (χ3n) is 2.10. The van der Waals surface area contributed by atoms with Crippen LogP contribution in [0.5, 0.6) is 0 Å². The Labute approximate surface area is 98.6 Å². The highest BCUT2D eigenvalue weighted by Crippen LogP contribution is 2.05. The van der Waals surface area contributed by atoms with Gasteiger partial charge < -0.3 is 30.0 Å². The van der Waals surface area contributed by atoms with E-state index >= 15 is 0 Å². The molecule has 7 nitrogen and oxygen atoms in total. The summed E-state index contributed by atoms with van der Waals surface area (Å²) in [6, 6.07) is 0. The second kappa shape index (κ2) is 8.13. The average molecular weight is 250 g/mol. The molecule has 0 aliphatic heterocycles. The van der Waals surface area contributed by atoms with Gasteiger partial charge in [0.2, 0.25) is 0 Å². The Hall–Kier alpha value is -1.02. The SMILES string of the molecule is CCCC(=O)OC[C@@H](O)[C@@H](O)[C@H](O)[C@H](O)C=O. The van der Waals surface area contributed by atoms with Crippen molar-refractivity contribution in [2.24, 2.45) is 0 Å². The summed E-state index contributed by atoms with van der Waals surface area (Å²) in [5, 5.41) is 36.8. The van der Waals surface area contributed by atoms with Crippen molar-refractivity contribution in [3.63, 3.8) is 0 Å². The lowest BCUT2D eigenvalue weighted by Crippen LogP contribution is -2.46. The minimum atomic E-state index is -1.83. The van der Waals surface area contributed by atoms with Crippen LogP contribution in [0.3, 0.4) is 0 Å². The third kappa shape index (κ3) is 5.73. The first kappa shape index (κ1) is 16.0. The zero-order valence-corrected chi connectivity index (χ0v) is 9.52. The summed E-state index contributed by atoms with van der Waals surface area (Å²) in [5.74, 6) is -0.538. The molecule has 0 saturated heterocycles. The summed E-state index contributed by atoms with van der Waals surface area (Å²) in [5.41, 5.74) is 0. The van der Waals surface area contributed by atoms with Crippen LogP contribution in [0.2, 0.25) is 0 Å². The maximum absolute atomic E-state index is 10.9. The predicted molar refractivity (Wildman–Crippen MR) is 56.0 cm³/mol. The van der Waals surface area contributed by atoms with Crippen molar-refractivity contribution in [1.29, 1.82) is 0 Å². The van der Waals surface area contributed by atoms with Crippen LogP contribution in [0.25, 0.3) is 0 Å². The topological polar surface area (TPSA) is 124 Å². The van der Waals surface area contributed by atoms with Gasteiger partial charge >= 0.3 is 5.97 Å². The third-order valence-corrected chi connectivity index (χ3v) is 2.10. The van der Waals surface area contributed by atoms with Crippen LogP contribution >= 0.6 is 0 Å². The Morgan fingerprint density at radius 2 is 1.82 bits per heavy atom. The fourth-order valence-electron chi connectivity index (χ4n) is 1.06. The number of aliphatic hydroxyl groups is 4. The van der Waals surface area contributed by atoms with Gasteiger partial charge in [0.25, 0.3) is 0 Å². The molecule has 0 rings (SSSR count). The van der Waals surface area contributed by atoms with Crippen LogP contribution in [0, 0.1) is 0 Å². The lowest BCUT2D eigenvalue weighted by Gasteiger charge is -2.23. The van der Waals surface area contributed by atoms with Crippen LogP contribution in [-0.2, 0) is 14.3 Å².